The summed E-state index contributed by atoms with van der Waals surface area (Å²) < 4.78 is 12.2. The zero-order valence-corrected chi connectivity index (χ0v) is 16.6. The van der Waals surface area contributed by atoms with Gasteiger partial charge in [-0.3, -0.25) is 9.69 Å². The molecule has 1 aromatic carbocycles. The molecule has 9 nitrogen and oxygen atoms in total. The van der Waals surface area contributed by atoms with Gasteiger partial charge in [0.15, 0.2) is 5.82 Å². The Bertz CT molecular complexity index is 771. The minimum atomic E-state index is -0.158. The van der Waals surface area contributed by atoms with Crippen molar-refractivity contribution in [3.8, 4) is 11.5 Å². The molecule has 1 amide bonds. The monoisotopic (exact) mass is 388 g/mol. The topological polar surface area (TPSA) is 94.4 Å². The Morgan fingerprint density at radius 2 is 1.93 bits per heavy atom. The molecule has 1 fully saturated rings. The van der Waals surface area contributed by atoms with Gasteiger partial charge in [0.05, 0.1) is 20.8 Å². The van der Waals surface area contributed by atoms with Crippen LogP contribution in [0.2, 0.25) is 0 Å². The molecule has 1 aliphatic rings. The molecule has 152 valence electrons. The number of amides is 1. The molecular formula is C19H28N6O3. The molecule has 2 aromatic rings. The van der Waals surface area contributed by atoms with E-state index in [-0.39, 0.29) is 12.5 Å². The van der Waals surface area contributed by atoms with Crippen LogP contribution in [0.3, 0.4) is 0 Å². The molecule has 9 heteroatoms. The molecule has 1 aliphatic heterocycles. The summed E-state index contributed by atoms with van der Waals surface area (Å²) in [6.45, 7) is 3.19. The van der Waals surface area contributed by atoms with Crippen molar-refractivity contribution in [1.82, 2.24) is 30.4 Å². The number of benzene rings is 1. The summed E-state index contributed by atoms with van der Waals surface area (Å²) in [5, 5.41) is 14.7. The maximum absolute atomic E-state index is 12.4. The van der Waals surface area contributed by atoms with Crippen LogP contribution in [0.15, 0.2) is 18.2 Å². The standard InChI is InChI=1S/C19H28N6O3/c1-27-16-7-8-17(28-2)15(11-16)12-20-19(26)14-25-18(21-22-23-25)13-24-9-5-3-4-6-10-24/h7-8,11H,3-6,9-10,12-14H2,1-2H3,(H,20,26). The fraction of sp³-hybridized carbons (Fsp3) is 0.579. The van der Waals surface area contributed by atoms with E-state index >= 15 is 0 Å². The van der Waals surface area contributed by atoms with Crippen LogP contribution in [0.5, 0.6) is 11.5 Å². The molecule has 2 heterocycles. The number of tetrazole rings is 1. The van der Waals surface area contributed by atoms with Gasteiger partial charge in [0.25, 0.3) is 0 Å². The number of nitrogens with one attached hydrogen (secondary N) is 1. The molecule has 1 aromatic heterocycles. The van der Waals surface area contributed by atoms with Gasteiger partial charge in [0.2, 0.25) is 5.91 Å². The fourth-order valence-corrected chi connectivity index (χ4v) is 3.36. The summed E-state index contributed by atoms with van der Waals surface area (Å²) in [5.74, 6) is 1.97. The van der Waals surface area contributed by atoms with Crippen LogP contribution in [-0.2, 0) is 24.4 Å². The summed E-state index contributed by atoms with van der Waals surface area (Å²) in [4.78, 5) is 14.8. The number of carbonyl (C=O) groups is 1. The van der Waals surface area contributed by atoms with Crippen LogP contribution < -0.4 is 14.8 Å². The van der Waals surface area contributed by atoms with Crippen LogP contribution in [0.1, 0.15) is 37.1 Å². The van der Waals surface area contributed by atoms with Crippen molar-refractivity contribution in [3.05, 3.63) is 29.6 Å². The maximum atomic E-state index is 12.4. The minimum absolute atomic E-state index is 0.0858. The highest BCUT2D eigenvalue weighted by atomic mass is 16.5. The zero-order chi connectivity index (χ0) is 19.8. The number of hydrogen-bond acceptors (Lipinski definition) is 7. The first-order valence-corrected chi connectivity index (χ1v) is 9.64. The molecule has 0 radical (unpaired) electrons. The normalized spacial score (nSPS) is 15.1. The molecule has 0 unspecified atom stereocenters. The average molecular weight is 388 g/mol. The van der Waals surface area contributed by atoms with Crippen molar-refractivity contribution < 1.29 is 14.3 Å². The summed E-state index contributed by atoms with van der Waals surface area (Å²) in [7, 11) is 3.21. The Hall–Kier alpha value is -2.68. The second-order valence-corrected chi connectivity index (χ2v) is 6.90. The van der Waals surface area contributed by atoms with E-state index in [0.29, 0.717) is 24.6 Å². The summed E-state index contributed by atoms with van der Waals surface area (Å²) >= 11 is 0. The third-order valence-corrected chi connectivity index (χ3v) is 4.93. The van der Waals surface area contributed by atoms with Crippen LogP contribution >= 0.6 is 0 Å². The molecule has 0 saturated carbocycles. The van der Waals surface area contributed by atoms with Gasteiger partial charge in [-0.05, 0) is 54.6 Å². The third-order valence-electron chi connectivity index (χ3n) is 4.93. The molecule has 0 bridgehead atoms. The number of likely N-dealkylation sites (tertiary alicyclic amines) is 1. The van der Waals surface area contributed by atoms with Crippen LogP contribution in [-0.4, -0.2) is 58.3 Å². The highest BCUT2D eigenvalue weighted by molar-refractivity contribution is 5.75. The van der Waals surface area contributed by atoms with Crippen molar-refractivity contribution in [2.75, 3.05) is 27.3 Å². The minimum Gasteiger partial charge on any atom is -0.497 e. The van der Waals surface area contributed by atoms with Crippen molar-refractivity contribution in [3.63, 3.8) is 0 Å². The van der Waals surface area contributed by atoms with E-state index in [1.54, 1.807) is 18.9 Å². The highest BCUT2D eigenvalue weighted by Gasteiger charge is 2.16. The predicted octanol–water partition coefficient (Wildman–Crippen LogP) is 1.38. The van der Waals surface area contributed by atoms with Crippen molar-refractivity contribution >= 4 is 5.91 Å². The fourth-order valence-electron chi connectivity index (χ4n) is 3.36. The van der Waals surface area contributed by atoms with Gasteiger partial charge < -0.3 is 14.8 Å². The molecular weight excluding hydrogens is 360 g/mol. The van der Waals surface area contributed by atoms with E-state index in [4.69, 9.17) is 9.47 Å². The first-order valence-electron chi connectivity index (χ1n) is 9.64. The van der Waals surface area contributed by atoms with E-state index in [0.717, 1.165) is 24.5 Å². The van der Waals surface area contributed by atoms with Crippen molar-refractivity contribution in [2.24, 2.45) is 0 Å². The average Bonchev–Trinajstić information content (AvgIpc) is 2.97. The number of hydrogen-bond donors (Lipinski definition) is 1. The van der Waals surface area contributed by atoms with E-state index in [1.165, 1.54) is 25.7 Å². The SMILES string of the molecule is COc1ccc(OC)c(CNC(=O)Cn2nnnc2CN2CCCCCC2)c1. The van der Waals surface area contributed by atoms with Gasteiger partial charge in [-0.1, -0.05) is 12.8 Å². The van der Waals surface area contributed by atoms with E-state index in [1.807, 2.05) is 18.2 Å². The number of methoxy groups -OCH3 is 2. The lowest BCUT2D eigenvalue weighted by atomic mass is 10.2. The Labute approximate surface area is 165 Å². The summed E-state index contributed by atoms with van der Waals surface area (Å²) in [6.07, 6.45) is 4.95. The first kappa shape index (κ1) is 20.1. The molecule has 0 atom stereocenters. The number of carbonyl (C=O) groups excluding carboxylic acids is 1. The van der Waals surface area contributed by atoms with Gasteiger partial charge >= 0.3 is 0 Å². The second kappa shape index (κ2) is 10.0. The first-order chi connectivity index (χ1) is 13.7. The summed E-state index contributed by atoms with van der Waals surface area (Å²) in [6, 6.07) is 5.49. The Kier molecular flexibility index (Phi) is 7.18. The molecule has 3 rings (SSSR count). The van der Waals surface area contributed by atoms with Crippen LogP contribution in [0.25, 0.3) is 0 Å². The zero-order valence-electron chi connectivity index (χ0n) is 16.6. The largest absolute Gasteiger partial charge is 0.497 e. The van der Waals surface area contributed by atoms with E-state index in [2.05, 4.69) is 25.7 Å². The van der Waals surface area contributed by atoms with E-state index in [9.17, 15) is 4.79 Å². The van der Waals surface area contributed by atoms with Crippen LogP contribution in [0, 0.1) is 0 Å². The molecule has 1 N–H and O–H groups in total. The number of ether oxygens (including phenoxy) is 2. The Morgan fingerprint density at radius 3 is 2.64 bits per heavy atom. The number of nitrogens with zero attached hydrogens (tertiary/aromatic N) is 5. The Morgan fingerprint density at radius 1 is 1.14 bits per heavy atom. The maximum Gasteiger partial charge on any atom is 0.242 e. The van der Waals surface area contributed by atoms with Crippen molar-refractivity contribution in [2.45, 2.75) is 45.3 Å². The second-order valence-electron chi connectivity index (χ2n) is 6.90. The van der Waals surface area contributed by atoms with E-state index < -0.39 is 0 Å². The highest BCUT2D eigenvalue weighted by Crippen LogP contribution is 2.23. The predicted molar refractivity (Wildman–Crippen MR) is 103 cm³/mol. The van der Waals surface area contributed by atoms with Gasteiger partial charge in [0, 0.05) is 12.1 Å². The molecule has 1 saturated heterocycles. The quantitative estimate of drug-likeness (QED) is 0.730. The van der Waals surface area contributed by atoms with Gasteiger partial charge in [-0.25, -0.2) is 4.68 Å². The smallest absolute Gasteiger partial charge is 0.242 e. The lowest BCUT2D eigenvalue weighted by Gasteiger charge is -2.18. The lowest BCUT2D eigenvalue weighted by molar-refractivity contribution is -0.122. The Balaban J connectivity index is 1.56. The third kappa shape index (κ3) is 5.41. The molecule has 28 heavy (non-hydrogen) atoms. The molecule has 0 aliphatic carbocycles. The van der Waals surface area contributed by atoms with Crippen LogP contribution in [0.4, 0.5) is 0 Å². The number of rotatable bonds is 8. The number of aromatic nitrogens is 4. The van der Waals surface area contributed by atoms with Gasteiger partial charge in [-0.2, -0.15) is 0 Å². The molecule has 0 spiro atoms. The van der Waals surface area contributed by atoms with Crippen molar-refractivity contribution in [1.29, 1.82) is 0 Å². The lowest BCUT2D eigenvalue weighted by Crippen LogP contribution is -2.30. The van der Waals surface area contributed by atoms with Gasteiger partial charge in [0.1, 0.15) is 18.0 Å². The van der Waals surface area contributed by atoms with Gasteiger partial charge in [-0.15, -0.1) is 5.10 Å². The summed E-state index contributed by atoms with van der Waals surface area (Å²) in [5.41, 5.74) is 0.844.